The lowest BCUT2D eigenvalue weighted by Gasteiger charge is -2.23. The van der Waals surface area contributed by atoms with Gasteiger partial charge in [0.1, 0.15) is 11.4 Å². The zero-order valence-electron chi connectivity index (χ0n) is 20.7. The van der Waals surface area contributed by atoms with Gasteiger partial charge in [0.05, 0.1) is 6.61 Å². The molecule has 0 radical (unpaired) electrons. The number of ether oxygens (including phenoxy) is 2. The summed E-state index contributed by atoms with van der Waals surface area (Å²) in [5.41, 5.74) is 1.63. The van der Waals surface area contributed by atoms with Gasteiger partial charge in [-0.05, 0) is 58.6 Å². The molecule has 0 bridgehead atoms. The van der Waals surface area contributed by atoms with Gasteiger partial charge >= 0.3 is 6.09 Å². The molecule has 1 fully saturated rings. The molecule has 1 N–H and O–H groups in total. The molecule has 1 aliphatic heterocycles. The van der Waals surface area contributed by atoms with Crippen molar-refractivity contribution < 1.29 is 23.9 Å². The number of carbonyl (C=O) groups excluding carboxylic acids is 3. The van der Waals surface area contributed by atoms with E-state index in [-0.39, 0.29) is 24.8 Å². The maximum Gasteiger partial charge on any atom is 0.407 e. The van der Waals surface area contributed by atoms with E-state index in [0.717, 1.165) is 23.3 Å². The fraction of sp³-hybridized carbons (Fsp3) is 0.640. The lowest BCUT2D eigenvalue weighted by Crippen LogP contribution is -2.39. The molecule has 184 valence electrons. The maximum absolute atomic E-state index is 12.6. The third kappa shape index (κ3) is 9.32. The van der Waals surface area contributed by atoms with Crippen LogP contribution in [0, 0.1) is 13.8 Å². The first-order chi connectivity index (χ1) is 15.6. The molecule has 0 aromatic heterocycles. The minimum Gasteiger partial charge on any atom is -0.493 e. The fourth-order valence-corrected chi connectivity index (χ4v) is 3.74. The maximum atomic E-state index is 12.6. The van der Waals surface area contributed by atoms with Gasteiger partial charge in [-0.3, -0.25) is 9.59 Å². The Labute approximate surface area is 197 Å². The summed E-state index contributed by atoms with van der Waals surface area (Å²) in [7, 11) is 0. The highest BCUT2D eigenvalue weighted by Crippen LogP contribution is 2.22. The van der Waals surface area contributed by atoms with Crippen molar-refractivity contribution in [2.45, 2.75) is 65.9 Å². The molecule has 1 aromatic rings. The van der Waals surface area contributed by atoms with Crippen molar-refractivity contribution >= 4 is 17.9 Å². The van der Waals surface area contributed by atoms with Crippen LogP contribution in [-0.2, 0) is 14.3 Å². The fourth-order valence-electron chi connectivity index (χ4n) is 3.74. The first-order valence-corrected chi connectivity index (χ1v) is 11.8. The Kier molecular flexibility index (Phi) is 10.0. The van der Waals surface area contributed by atoms with Crippen LogP contribution in [0.15, 0.2) is 18.2 Å². The van der Waals surface area contributed by atoms with Crippen LogP contribution in [0.2, 0.25) is 0 Å². The average molecular weight is 462 g/mol. The molecule has 0 unspecified atom stereocenters. The van der Waals surface area contributed by atoms with Gasteiger partial charge < -0.3 is 24.6 Å². The van der Waals surface area contributed by atoms with Crippen molar-refractivity contribution in [1.29, 1.82) is 0 Å². The molecular formula is C25H39N3O5. The first kappa shape index (κ1) is 26.5. The normalized spacial score (nSPS) is 14.5. The monoisotopic (exact) mass is 461 g/mol. The summed E-state index contributed by atoms with van der Waals surface area (Å²) in [6, 6.07) is 6.04. The minimum absolute atomic E-state index is 0.0256. The Morgan fingerprint density at radius 3 is 2.09 bits per heavy atom. The van der Waals surface area contributed by atoms with Crippen LogP contribution in [0.5, 0.6) is 5.75 Å². The van der Waals surface area contributed by atoms with Gasteiger partial charge in [0.25, 0.3) is 0 Å². The summed E-state index contributed by atoms with van der Waals surface area (Å²) in [6.45, 7) is 12.4. The average Bonchev–Trinajstić information content (AvgIpc) is 2.98. The Balaban J connectivity index is 1.68. The molecule has 1 saturated heterocycles. The summed E-state index contributed by atoms with van der Waals surface area (Å²) >= 11 is 0. The predicted octanol–water partition coefficient (Wildman–Crippen LogP) is 3.44. The standard InChI is InChI=1S/C25H39N3O5/c1-19-9-6-10-20(2)23(19)32-18-7-11-21(29)27-14-8-15-28(17-16-27)22(30)12-13-26-24(31)33-25(3,4)5/h6,9-10H,7-8,11-18H2,1-5H3,(H,26,31). The number of para-hydroxylation sites is 1. The van der Waals surface area contributed by atoms with Crippen molar-refractivity contribution in [2.24, 2.45) is 0 Å². The molecule has 0 spiro atoms. The van der Waals surface area contributed by atoms with Crippen molar-refractivity contribution in [2.75, 3.05) is 39.3 Å². The van der Waals surface area contributed by atoms with E-state index in [4.69, 9.17) is 9.47 Å². The van der Waals surface area contributed by atoms with Crippen LogP contribution in [-0.4, -0.2) is 72.6 Å². The van der Waals surface area contributed by atoms with E-state index in [1.807, 2.05) is 36.9 Å². The van der Waals surface area contributed by atoms with Gasteiger partial charge in [-0.2, -0.15) is 0 Å². The number of aryl methyl sites for hydroxylation is 2. The number of alkyl carbamates (subject to hydrolysis) is 1. The van der Waals surface area contributed by atoms with E-state index >= 15 is 0 Å². The molecule has 0 aliphatic carbocycles. The van der Waals surface area contributed by atoms with E-state index in [9.17, 15) is 14.4 Å². The second-order valence-electron chi connectivity index (χ2n) is 9.47. The van der Waals surface area contributed by atoms with Gasteiger partial charge in [0.2, 0.25) is 11.8 Å². The molecule has 8 heteroatoms. The molecule has 0 saturated carbocycles. The first-order valence-electron chi connectivity index (χ1n) is 11.8. The highest BCUT2D eigenvalue weighted by Gasteiger charge is 2.22. The number of nitrogens with zero attached hydrogens (tertiary/aromatic N) is 2. The number of benzene rings is 1. The lowest BCUT2D eigenvalue weighted by atomic mass is 10.1. The molecule has 1 aliphatic rings. The smallest absolute Gasteiger partial charge is 0.407 e. The van der Waals surface area contributed by atoms with Crippen molar-refractivity contribution in [3.8, 4) is 5.75 Å². The summed E-state index contributed by atoms with van der Waals surface area (Å²) < 4.78 is 11.1. The van der Waals surface area contributed by atoms with Crippen LogP contribution in [0.25, 0.3) is 0 Å². The number of amides is 3. The van der Waals surface area contributed by atoms with Crippen LogP contribution in [0.4, 0.5) is 4.79 Å². The van der Waals surface area contributed by atoms with Gasteiger partial charge in [0.15, 0.2) is 0 Å². The summed E-state index contributed by atoms with van der Waals surface area (Å²) in [6.07, 6.45) is 1.52. The van der Waals surface area contributed by atoms with Gasteiger partial charge in [0, 0.05) is 45.6 Å². The molecule has 1 aromatic carbocycles. The Hall–Kier alpha value is -2.77. The summed E-state index contributed by atoms with van der Waals surface area (Å²) in [4.78, 5) is 40.5. The van der Waals surface area contributed by atoms with E-state index in [1.54, 1.807) is 25.7 Å². The SMILES string of the molecule is Cc1cccc(C)c1OCCCC(=O)N1CCCN(C(=O)CCNC(=O)OC(C)(C)C)CC1. The third-order valence-corrected chi connectivity index (χ3v) is 5.40. The van der Waals surface area contributed by atoms with Crippen molar-refractivity contribution in [3.05, 3.63) is 29.3 Å². The molecule has 2 rings (SSSR count). The van der Waals surface area contributed by atoms with E-state index in [0.29, 0.717) is 45.6 Å². The van der Waals surface area contributed by atoms with Crippen LogP contribution >= 0.6 is 0 Å². The lowest BCUT2D eigenvalue weighted by molar-refractivity contribution is -0.133. The van der Waals surface area contributed by atoms with E-state index < -0.39 is 11.7 Å². The van der Waals surface area contributed by atoms with Gasteiger partial charge in [-0.15, -0.1) is 0 Å². The molecule has 8 nitrogen and oxygen atoms in total. The predicted molar refractivity (Wildman–Crippen MR) is 127 cm³/mol. The van der Waals surface area contributed by atoms with Crippen LogP contribution in [0.1, 0.15) is 57.6 Å². The molecule has 1 heterocycles. The number of nitrogens with one attached hydrogen (secondary N) is 1. The van der Waals surface area contributed by atoms with E-state index in [2.05, 4.69) is 5.32 Å². The quantitative estimate of drug-likeness (QED) is 0.599. The van der Waals surface area contributed by atoms with Gasteiger partial charge in [-0.25, -0.2) is 4.79 Å². The Morgan fingerprint density at radius 2 is 1.52 bits per heavy atom. The Bertz CT molecular complexity index is 799. The van der Waals surface area contributed by atoms with Crippen LogP contribution in [0.3, 0.4) is 0 Å². The highest BCUT2D eigenvalue weighted by atomic mass is 16.6. The summed E-state index contributed by atoms with van der Waals surface area (Å²) in [5, 5.41) is 2.61. The highest BCUT2D eigenvalue weighted by molar-refractivity contribution is 5.78. The van der Waals surface area contributed by atoms with Gasteiger partial charge in [-0.1, -0.05) is 18.2 Å². The number of carbonyl (C=O) groups is 3. The summed E-state index contributed by atoms with van der Waals surface area (Å²) in [5.74, 6) is 0.971. The molecule has 0 atom stereocenters. The third-order valence-electron chi connectivity index (χ3n) is 5.40. The molecule has 33 heavy (non-hydrogen) atoms. The largest absolute Gasteiger partial charge is 0.493 e. The molecular weight excluding hydrogens is 422 g/mol. The van der Waals surface area contributed by atoms with Crippen molar-refractivity contribution in [3.63, 3.8) is 0 Å². The van der Waals surface area contributed by atoms with Crippen LogP contribution < -0.4 is 10.1 Å². The van der Waals surface area contributed by atoms with E-state index in [1.165, 1.54) is 0 Å². The minimum atomic E-state index is -0.569. The zero-order chi connectivity index (χ0) is 24.4. The molecule has 3 amide bonds. The number of hydrogen-bond acceptors (Lipinski definition) is 5. The second kappa shape index (κ2) is 12.5. The number of rotatable bonds is 8. The van der Waals surface area contributed by atoms with Crippen molar-refractivity contribution in [1.82, 2.24) is 15.1 Å². The second-order valence-corrected chi connectivity index (χ2v) is 9.47. The number of hydrogen-bond donors (Lipinski definition) is 1. The topological polar surface area (TPSA) is 88.2 Å². The zero-order valence-corrected chi connectivity index (χ0v) is 20.7. The Morgan fingerprint density at radius 1 is 0.939 bits per heavy atom.